The second kappa shape index (κ2) is 6.91. The highest BCUT2D eigenvalue weighted by Crippen LogP contribution is 2.26. The Bertz CT molecular complexity index is 673. The van der Waals surface area contributed by atoms with Gasteiger partial charge < -0.3 is 15.2 Å². The van der Waals surface area contributed by atoms with Gasteiger partial charge in [-0.05, 0) is 42.8 Å². The number of methoxy groups -OCH3 is 1. The van der Waals surface area contributed by atoms with Gasteiger partial charge in [-0.3, -0.25) is 0 Å². The maximum atomic E-state index is 5.89. The van der Waals surface area contributed by atoms with Crippen molar-refractivity contribution < 1.29 is 9.47 Å². The second-order valence-corrected chi connectivity index (χ2v) is 5.94. The molecule has 2 N–H and O–H groups in total. The Morgan fingerprint density at radius 2 is 1.95 bits per heavy atom. The molecule has 2 rings (SSSR count). The van der Waals surface area contributed by atoms with Crippen molar-refractivity contribution in [3.63, 3.8) is 0 Å². The van der Waals surface area contributed by atoms with Gasteiger partial charge in [-0.15, -0.1) is 0 Å². The minimum atomic E-state index is 0.359. The lowest BCUT2D eigenvalue weighted by atomic mass is 10.1. The Morgan fingerprint density at radius 1 is 1.19 bits per heavy atom. The number of hydrogen-bond acceptors (Lipinski definition) is 3. The van der Waals surface area contributed by atoms with Crippen LogP contribution in [0.2, 0.25) is 0 Å². The summed E-state index contributed by atoms with van der Waals surface area (Å²) < 4.78 is 12.2. The summed E-state index contributed by atoms with van der Waals surface area (Å²) in [5.74, 6) is 1.58. The minimum Gasteiger partial charge on any atom is -0.496 e. The molecular weight excluding hydrogens is 350 g/mol. The molecule has 110 valence electrons. The molecule has 0 unspecified atom stereocenters. The third kappa shape index (κ3) is 3.95. The first kappa shape index (κ1) is 15.8. The van der Waals surface area contributed by atoms with E-state index in [1.165, 1.54) is 0 Å². The van der Waals surface area contributed by atoms with Gasteiger partial charge in [-0.25, -0.2) is 0 Å². The highest BCUT2D eigenvalue weighted by atomic mass is 79.9. The van der Waals surface area contributed by atoms with Crippen molar-refractivity contribution in [3.8, 4) is 11.5 Å². The van der Waals surface area contributed by atoms with E-state index in [1.807, 2.05) is 43.3 Å². The summed E-state index contributed by atoms with van der Waals surface area (Å²) in [6.07, 6.45) is 0. The van der Waals surface area contributed by atoms with Crippen LogP contribution in [0.15, 0.2) is 40.9 Å². The molecule has 2 aromatic rings. The molecule has 0 saturated carbocycles. The summed E-state index contributed by atoms with van der Waals surface area (Å²) in [7, 11) is 1.63. The van der Waals surface area contributed by atoms with Crippen molar-refractivity contribution in [2.75, 3.05) is 7.11 Å². The Morgan fingerprint density at radius 3 is 2.62 bits per heavy atom. The summed E-state index contributed by atoms with van der Waals surface area (Å²) in [6.45, 7) is 2.39. The van der Waals surface area contributed by atoms with Crippen LogP contribution in [-0.4, -0.2) is 12.1 Å². The summed E-state index contributed by atoms with van der Waals surface area (Å²) >= 11 is 8.45. The number of thiocarbonyl (C=S) groups is 1. The van der Waals surface area contributed by atoms with Gasteiger partial charge in [0.1, 0.15) is 23.1 Å². The zero-order valence-corrected chi connectivity index (χ0v) is 14.3. The summed E-state index contributed by atoms with van der Waals surface area (Å²) in [5, 5.41) is 0. The Hall–Kier alpha value is -1.59. The maximum Gasteiger partial charge on any atom is 0.125 e. The number of benzene rings is 2. The van der Waals surface area contributed by atoms with Crippen molar-refractivity contribution in [2.24, 2.45) is 5.73 Å². The first-order valence-corrected chi connectivity index (χ1v) is 7.57. The molecule has 0 atom stereocenters. The van der Waals surface area contributed by atoms with Crippen molar-refractivity contribution in [2.45, 2.75) is 13.5 Å². The number of hydrogen-bond donors (Lipinski definition) is 1. The molecule has 0 aliphatic heterocycles. The van der Waals surface area contributed by atoms with Gasteiger partial charge >= 0.3 is 0 Å². The standard InChI is InChI=1S/C16H16BrNO2S/c1-10-3-5-13(17)8-15(10)20-9-12-7-11(16(18)21)4-6-14(12)19-2/h3-8H,9H2,1-2H3,(H2,18,21). The van der Waals surface area contributed by atoms with Gasteiger partial charge in [-0.2, -0.15) is 0 Å². The largest absolute Gasteiger partial charge is 0.496 e. The zero-order valence-electron chi connectivity index (χ0n) is 11.9. The number of nitrogens with two attached hydrogens (primary N) is 1. The Labute approximate surface area is 138 Å². The van der Waals surface area contributed by atoms with E-state index in [1.54, 1.807) is 7.11 Å². The topological polar surface area (TPSA) is 44.5 Å². The molecule has 0 aromatic heterocycles. The second-order valence-electron chi connectivity index (χ2n) is 4.59. The molecule has 0 spiro atoms. The molecule has 0 fully saturated rings. The van der Waals surface area contributed by atoms with E-state index >= 15 is 0 Å². The van der Waals surface area contributed by atoms with E-state index in [-0.39, 0.29) is 0 Å². The molecule has 0 bridgehead atoms. The van der Waals surface area contributed by atoms with E-state index in [4.69, 9.17) is 27.4 Å². The molecule has 21 heavy (non-hydrogen) atoms. The summed E-state index contributed by atoms with van der Waals surface area (Å²) in [4.78, 5) is 0.359. The van der Waals surface area contributed by atoms with Crippen LogP contribution in [0.4, 0.5) is 0 Å². The fourth-order valence-corrected chi connectivity index (χ4v) is 2.40. The molecular formula is C16H16BrNO2S. The van der Waals surface area contributed by atoms with E-state index in [9.17, 15) is 0 Å². The van der Waals surface area contributed by atoms with Gasteiger partial charge in [0, 0.05) is 15.6 Å². The smallest absolute Gasteiger partial charge is 0.125 e. The number of halogens is 1. The van der Waals surface area contributed by atoms with Gasteiger partial charge in [0.05, 0.1) is 7.11 Å². The highest BCUT2D eigenvalue weighted by Gasteiger charge is 2.08. The third-order valence-corrected chi connectivity index (χ3v) is 3.83. The van der Waals surface area contributed by atoms with E-state index < -0.39 is 0 Å². The lowest BCUT2D eigenvalue weighted by molar-refractivity contribution is 0.294. The molecule has 0 radical (unpaired) electrons. The lowest BCUT2D eigenvalue weighted by Gasteiger charge is -2.13. The minimum absolute atomic E-state index is 0.359. The highest BCUT2D eigenvalue weighted by molar-refractivity contribution is 9.10. The van der Waals surface area contributed by atoms with Crippen LogP contribution in [0.5, 0.6) is 11.5 Å². The first-order valence-electron chi connectivity index (χ1n) is 6.37. The van der Waals surface area contributed by atoms with Crippen molar-refractivity contribution in [1.82, 2.24) is 0 Å². The van der Waals surface area contributed by atoms with Crippen LogP contribution >= 0.6 is 28.1 Å². The van der Waals surface area contributed by atoms with Gasteiger partial charge in [0.15, 0.2) is 0 Å². The molecule has 0 aliphatic rings. The molecule has 3 nitrogen and oxygen atoms in total. The van der Waals surface area contributed by atoms with Crippen LogP contribution in [0.1, 0.15) is 16.7 Å². The van der Waals surface area contributed by atoms with Crippen LogP contribution in [0.25, 0.3) is 0 Å². The number of ether oxygens (including phenoxy) is 2. The molecule has 2 aromatic carbocycles. The van der Waals surface area contributed by atoms with E-state index in [0.717, 1.165) is 32.7 Å². The fourth-order valence-electron chi connectivity index (χ4n) is 1.93. The predicted octanol–water partition coefficient (Wildman–Crippen LogP) is 3.98. The maximum absolute atomic E-state index is 5.89. The van der Waals surface area contributed by atoms with Crippen LogP contribution < -0.4 is 15.2 Å². The average Bonchev–Trinajstić information content (AvgIpc) is 2.47. The number of rotatable bonds is 5. The average molecular weight is 366 g/mol. The third-order valence-electron chi connectivity index (χ3n) is 3.10. The van der Waals surface area contributed by atoms with E-state index in [2.05, 4.69) is 15.9 Å². The quantitative estimate of drug-likeness (QED) is 0.813. The molecule has 5 heteroatoms. The molecule has 0 aliphatic carbocycles. The normalized spacial score (nSPS) is 10.2. The Balaban J connectivity index is 2.24. The SMILES string of the molecule is COc1ccc(C(N)=S)cc1COc1cc(Br)ccc1C. The Kier molecular flexibility index (Phi) is 5.20. The fraction of sp³-hybridized carbons (Fsp3) is 0.188. The van der Waals surface area contributed by atoms with Crippen LogP contribution in [0, 0.1) is 6.92 Å². The lowest BCUT2D eigenvalue weighted by Crippen LogP contribution is -2.10. The predicted molar refractivity (Wildman–Crippen MR) is 92.1 cm³/mol. The monoisotopic (exact) mass is 365 g/mol. The molecule has 0 saturated heterocycles. The van der Waals surface area contributed by atoms with E-state index in [0.29, 0.717) is 11.6 Å². The van der Waals surface area contributed by atoms with Gasteiger partial charge in [0.25, 0.3) is 0 Å². The summed E-state index contributed by atoms with van der Waals surface area (Å²) in [6, 6.07) is 11.5. The molecule has 0 heterocycles. The van der Waals surface area contributed by atoms with Crippen LogP contribution in [-0.2, 0) is 6.61 Å². The molecule has 0 amide bonds. The van der Waals surface area contributed by atoms with Gasteiger partial charge in [0.2, 0.25) is 0 Å². The first-order chi connectivity index (χ1) is 10.0. The van der Waals surface area contributed by atoms with Crippen molar-refractivity contribution in [1.29, 1.82) is 0 Å². The zero-order chi connectivity index (χ0) is 15.4. The van der Waals surface area contributed by atoms with Crippen LogP contribution in [0.3, 0.4) is 0 Å². The summed E-state index contributed by atoms with van der Waals surface area (Å²) in [5.41, 5.74) is 8.45. The number of aryl methyl sites for hydroxylation is 1. The van der Waals surface area contributed by atoms with Crippen molar-refractivity contribution in [3.05, 3.63) is 57.6 Å². The van der Waals surface area contributed by atoms with Crippen molar-refractivity contribution >= 4 is 33.1 Å². The van der Waals surface area contributed by atoms with Gasteiger partial charge in [-0.1, -0.05) is 34.2 Å².